The lowest BCUT2D eigenvalue weighted by Gasteiger charge is -2.38. The van der Waals surface area contributed by atoms with Crippen molar-refractivity contribution in [2.45, 2.75) is 56.6 Å². The molecule has 4 N–H and O–H groups in total. The first-order chi connectivity index (χ1) is 9.02. The number of hydrogen-bond acceptors (Lipinski definition) is 7. The van der Waals surface area contributed by atoms with E-state index in [1.165, 1.54) is 11.8 Å². The second kappa shape index (κ2) is 9.39. The number of aliphatic hydroxyl groups excluding tert-OH is 2. The van der Waals surface area contributed by atoms with Crippen LogP contribution in [0.15, 0.2) is 4.99 Å². The van der Waals surface area contributed by atoms with Gasteiger partial charge in [0.25, 0.3) is 0 Å². The highest BCUT2D eigenvalue weighted by Gasteiger charge is 2.47. The molecule has 6 nitrogen and oxygen atoms in total. The smallest absolute Gasteiger partial charge is 0.159 e. The second-order valence-electron chi connectivity index (χ2n) is 5.16. The SMILES string of the molecule is CCNC1=N[C@@H]2[C@@H](O)[C@H](O)[C@@H](CNC(C)C)O[C@@H]2S1.Cl.Cl. The van der Waals surface area contributed by atoms with Crippen LogP contribution in [0, 0.1) is 0 Å². The van der Waals surface area contributed by atoms with Gasteiger partial charge < -0.3 is 25.6 Å². The Morgan fingerprint density at radius 1 is 1.29 bits per heavy atom. The minimum atomic E-state index is -0.905. The van der Waals surface area contributed by atoms with Crippen molar-refractivity contribution >= 4 is 41.7 Å². The van der Waals surface area contributed by atoms with Crippen LogP contribution in [0.25, 0.3) is 0 Å². The van der Waals surface area contributed by atoms with Gasteiger partial charge in [-0.3, -0.25) is 4.99 Å². The molecule has 0 bridgehead atoms. The summed E-state index contributed by atoms with van der Waals surface area (Å²) < 4.78 is 5.86. The van der Waals surface area contributed by atoms with E-state index >= 15 is 0 Å². The number of aliphatic imine (C=N–C) groups is 1. The minimum Gasteiger partial charge on any atom is -0.388 e. The molecular formula is C12H25Cl2N3O3S. The first-order valence-corrected chi connectivity index (χ1v) is 7.64. The fourth-order valence-electron chi connectivity index (χ4n) is 2.19. The van der Waals surface area contributed by atoms with Crippen molar-refractivity contribution in [1.29, 1.82) is 0 Å². The lowest BCUT2D eigenvalue weighted by Crippen LogP contribution is -2.57. The van der Waals surface area contributed by atoms with Gasteiger partial charge in [-0.1, -0.05) is 25.6 Å². The molecule has 2 heterocycles. The van der Waals surface area contributed by atoms with Crippen LogP contribution < -0.4 is 10.6 Å². The van der Waals surface area contributed by atoms with Crippen LogP contribution in [0.2, 0.25) is 0 Å². The molecular weight excluding hydrogens is 337 g/mol. The van der Waals surface area contributed by atoms with E-state index in [-0.39, 0.29) is 36.3 Å². The van der Waals surface area contributed by atoms with Gasteiger partial charge in [0.15, 0.2) is 5.17 Å². The van der Waals surface area contributed by atoms with Crippen LogP contribution in [-0.2, 0) is 4.74 Å². The highest BCUT2D eigenvalue weighted by molar-refractivity contribution is 8.14. The minimum absolute atomic E-state index is 0. The lowest BCUT2D eigenvalue weighted by molar-refractivity contribution is -0.151. The Morgan fingerprint density at radius 3 is 2.52 bits per heavy atom. The predicted octanol–water partition coefficient (Wildman–Crippen LogP) is 0.356. The number of nitrogens with zero attached hydrogens (tertiary/aromatic N) is 1. The van der Waals surface area contributed by atoms with E-state index in [9.17, 15) is 10.2 Å². The van der Waals surface area contributed by atoms with Crippen molar-refractivity contribution in [2.24, 2.45) is 4.99 Å². The van der Waals surface area contributed by atoms with Gasteiger partial charge in [0.2, 0.25) is 0 Å². The average Bonchev–Trinajstić information content (AvgIpc) is 2.75. The van der Waals surface area contributed by atoms with Gasteiger partial charge in [-0.2, -0.15) is 0 Å². The number of halogens is 2. The number of nitrogens with one attached hydrogen (secondary N) is 2. The standard InChI is InChI=1S/C12H23N3O3S.2ClH/c1-4-13-12-15-8-10(17)9(16)7(5-14-6(2)3)18-11(8)19-12;;/h6-11,14,16-17H,4-5H2,1-3H3,(H,13,15);2*1H/t7-,8-,9-,10-,11-;;/m1../s1. The van der Waals surface area contributed by atoms with Crippen molar-refractivity contribution in [2.75, 3.05) is 13.1 Å². The third-order valence-electron chi connectivity index (χ3n) is 3.22. The summed E-state index contributed by atoms with van der Waals surface area (Å²) >= 11 is 1.48. The Bertz CT molecular complexity index is 350. The maximum Gasteiger partial charge on any atom is 0.159 e. The molecule has 0 unspecified atom stereocenters. The van der Waals surface area contributed by atoms with Crippen molar-refractivity contribution < 1.29 is 14.9 Å². The molecule has 0 aromatic rings. The van der Waals surface area contributed by atoms with E-state index in [1.807, 2.05) is 20.8 Å². The Balaban J connectivity index is 0.00000200. The van der Waals surface area contributed by atoms with Crippen molar-refractivity contribution in [1.82, 2.24) is 10.6 Å². The van der Waals surface area contributed by atoms with Crippen LogP contribution >= 0.6 is 36.6 Å². The Hall–Kier alpha value is 0.240. The van der Waals surface area contributed by atoms with Crippen LogP contribution in [-0.4, -0.2) is 64.3 Å². The van der Waals surface area contributed by atoms with Crippen LogP contribution in [0.5, 0.6) is 0 Å². The number of ether oxygens (including phenoxy) is 1. The molecule has 1 fully saturated rings. The number of rotatable bonds is 4. The average molecular weight is 362 g/mol. The maximum atomic E-state index is 10.2. The zero-order valence-electron chi connectivity index (χ0n) is 12.4. The molecule has 0 aromatic heterocycles. The van der Waals surface area contributed by atoms with Gasteiger partial charge in [0.05, 0.1) is 0 Å². The number of hydrogen-bond donors (Lipinski definition) is 4. The Kier molecular flexibility index (Phi) is 9.50. The molecule has 0 radical (unpaired) electrons. The van der Waals surface area contributed by atoms with Gasteiger partial charge in [-0.15, -0.1) is 24.8 Å². The summed E-state index contributed by atoms with van der Waals surface area (Å²) in [4.78, 5) is 4.37. The molecule has 9 heteroatoms. The van der Waals surface area contributed by atoms with E-state index in [0.717, 1.165) is 11.7 Å². The number of thioether (sulfide) groups is 1. The summed E-state index contributed by atoms with van der Waals surface area (Å²) in [7, 11) is 0. The number of fused-ring (bicyclic) bond motifs is 1. The largest absolute Gasteiger partial charge is 0.388 e. The topological polar surface area (TPSA) is 86.1 Å². The molecule has 2 aliphatic heterocycles. The fourth-order valence-corrected chi connectivity index (χ4v) is 3.38. The Morgan fingerprint density at radius 2 is 1.95 bits per heavy atom. The van der Waals surface area contributed by atoms with Gasteiger partial charge in [-0.05, 0) is 6.92 Å². The third-order valence-corrected chi connectivity index (χ3v) is 4.31. The quantitative estimate of drug-likeness (QED) is 0.578. The summed E-state index contributed by atoms with van der Waals surface area (Å²) in [5.74, 6) is 0. The second-order valence-corrected chi connectivity index (χ2v) is 6.25. The van der Waals surface area contributed by atoms with E-state index in [4.69, 9.17) is 4.74 Å². The van der Waals surface area contributed by atoms with Crippen molar-refractivity contribution in [3.8, 4) is 0 Å². The van der Waals surface area contributed by atoms with Gasteiger partial charge in [0, 0.05) is 19.1 Å². The monoisotopic (exact) mass is 361 g/mol. The van der Waals surface area contributed by atoms with Crippen LogP contribution in [0.1, 0.15) is 20.8 Å². The van der Waals surface area contributed by atoms with Crippen molar-refractivity contribution in [3.05, 3.63) is 0 Å². The summed E-state index contributed by atoms with van der Waals surface area (Å²) in [6, 6.07) is -0.0696. The predicted molar refractivity (Wildman–Crippen MR) is 90.8 cm³/mol. The first-order valence-electron chi connectivity index (χ1n) is 6.76. The number of aliphatic hydroxyl groups is 2. The molecule has 0 saturated carbocycles. The molecule has 5 atom stereocenters. The highest BCUT2D eigenvalue weighted by atomic mass is 35.5. The molecule has 126 valence electrons. The van der Waals surface area contributed by atoms with E-state index in [0.29, 0.717) is 12.6 Å². The molecule has 2 aliphatic rings. The summed E-state index contributed by atoms with van der Waals surface area (Å²) in [5.41, 5.74) is -0.216. The molecule has 0 amide bonds. The zero-order valence-corrected chi connectivity index (χ0v) is 14.8. The number of amidine groups is 1. The highest BCUT2D eigenvalue weighted by Crippen LogP contribution is 2.35. The first kappa shape index (κ1) is 21.2. The summed E-state index contributed by atoms with van der Waals surface area (Å²) in [6.07, 6.45) is -2.18. The molecule has 21 heavy (non-hydrogen) atoms. The maximum absolute atomic E-state index is 10.2. The molecule has 1 saturated heterocycles. The van der Waals surface area contributed by atoms with Crippen LogP contribution in [0.3, 0.4) is 0 Å². The molecule has 2 rings (SSSR count). The Labute approximate surface area is 142 Å². The van der Waals surface area contributed by atoms with E-state index < -0.39 is 18.3 Å². The molecule has 0 aliphatic carbocycles. The van der Waals surface area contributed by atoms with Gasteiger partial charge >= 0.3 is 0 Å². The van der Waals surface area contributed by atoms with Gasteiger partial charge in [-0.25, -0.2) is 0 Å². The van der Waals surface area contributed by atoms with Crippen LogP contribution in [0.4, 0.5) is 0 Å². The molecule has 0 aromatic carbocycles. The summed E-state index contributed by atoms with van der Waals surface area (Å²) in [6.45, 7) is 7.36. The van der Waals surface area contributed by atoms with E-state index in [2.05, 4.69) is 15.6 Å². The fraction of sp³-hybridized carbons (Fsp3) is 0.917. The zero-order chi connectivity index (χ0) is 14.0. The summed E-state index contributed by atoms with van der Waals surface area (Å²) in [5, 5.41) is 27.4. The third kappa shape index (κ3) is 5.13. The van der Waals surface area contributed by atoms with Crippen molar-refractivity contribution in [3.63, 3.8) is 0 Å². The molecule has 0 spiro atoms. The lowest BCUT2D eigenvalue weighted by atomic mass is 9.98. The normalized spacial score (nSPS) is 34.6. The van der Waals surface area contributed by atoms with Gasteiger partial charge in [0.1, 0.15) is 29.8 Å². The van der Waals surface area contributed by atoms with E-state index in [1.54, 1.807) is 0 Å².